The summed E-state index contributed by atoms with van der Waals surface area (Å²) in [5.74, 6) is -0.0263. The number of alkyl carbamates (subject to hydrolysis) is 1. The van der Waals surface area contributed by atoms with E-state index in [1.165, 1.54) is 4.90 Å². The molecule has 1 heterocycles. The van der Waals surface area contributed by atoms with Gasteiger partial charge in [-0.15, -0.1) is 0 Å². The zero-order chi connectivity index (χ0) is 39.3. The number of methoxy groups -OCH3 is 2. The van der Waals surface area contributed by atoms with Gasteiger partial charge in [-0.2, -0.15) is 0 Å². The molecule has 5 amide bonds. The third-order valence-electron chi connectivity index (χ3n) is 8.96. The van der Waals surface area contributed by atoms with Crippen LogP contribution in [0, 0.1) is 26.7 Å². The van der Waals surface area contributed by atoms with Gasteiger partial charge >= 0.3 is 12.2 Å². The van der Waals surface area contributed by atoms with Crippen molar-refractivity contribution in [3.8, 4) is 11.5 Å². The van der Waals surface area contributed by atoms with E-state index in [2.05, 4.69) is 21.3 Å². The van der Waals surface area contributed by atoms with E-state index in [0.29, 0.717) is 38.6 Å². The molecule has 1 saturated heterocycles. The summed E-state index contributed by atoms with van der Waals surface area (Å²) < 4.78 is 22.2. The summed E-state index contributed by atoms with van der Waals surface area (Å²) in [6.07, 6.45) is 1.73. The van der Waals surface area contributed by atoms with Crippen molar-refractivity contribution >= 4 is 29.9 Å². The molecule has 0 bridgehead atoms. The molecule has 0 saturated carbocycles. The van der Waals surface area contributed by atoms with Crippen molar-refractivity contribution < 1.29 is 42.9 Å². The largest absolute Gasteiger partial charge is 0.496 e. The van der Waals surface area contributed by atoms with Crippen molar-refractivity contribution in [1.82, 2.24) is 26.2 Å². The molecule has 0 spiro atoms. The number of nitrogens with zero attached hydrogens (tertiary/aromatic N) is 1. The lowest BCUT2D eigenvalue weighted by Crippen LogP contribution is -2.58. The van der Waals surface area contributed by atoms with Crippen molar-refractivity contribution in [2.45, 2.75) is 138 Å². The Hall–Kier alpha value is -4.23. The van der Waals surface area contributed by atoms with Gasteiger partial charge in [0.1, 0.15) is 35.2 Å². The maximum absolute atomic E-state index is 13.5. The number of likely N-dealkylation sites (tertiary alicyclic amines) is 1. The molecule has 14 nitrogen and oxygen atoms in total. The van der Waals surface area contributed by atoms with Crippen LogP contribution in [0.1, 0.15) is 103 Å². The van der Waals surface area contributed by atoms with Gasteiger partial charge in [0.2, 0.25) is 17.7 Å². The molecule has 14 heteroatoms. The van der Waals surface area contributed by atoms with Crippen LogP contribution in [0.2, 0.25) is 0 Å². The van der Waals surface area contributed by atoms with E-state index in [9.17, 15) is 24.0 Å². The van der Waals surface area contributed by atoms with Gasteiger partial charge in [-0.3, -0.25) is 19.3 Å². The third kappa shape index (κ3) is 12.8. The number of nitrogens with one attached hydrogen (secondary N) is 4. The molecular formula is C38H63N5O9. The first-order valence-corrected chi connectivity index (χ1v) is 18.3. The van der Waals surface area contributed by atoms with Crippen LogP contribution in [-0.2, 0) is 30.3 Å². The molecule has 1 aromatic carbocycles. The first-order valence-electron chi connectivity index (χ1n) is 18.3. The monoisotopic (exact) mass is 733 g/mol. The summed E-state index contributed by atoms with van der Waals surface area (Å²) in [6, 6.07) is -2.80. The number of amides is 5. The zero-order valence-corrected chi connectivity index (χ0v) is 33.4. The van der Waals surface area contributed by atoms with Crippen LogP contribution in [0.15, 0.2) is 0 Å². The fourth-order valence-corrected chi connectivity index (χ4v) is 6.28. The summed E-state index contributed by atoms with van der Waals surface area (Å²) in [7, 11) is 3.29. The molecule has 0 radical (unpaired) electrons. The minimum atomic E-state index is -0.954. The molecule has 1 aromatic rings. The van der Waals surface area contributed by atoms with Crippen LogP contribution in [0.25, 0.3) is 0 Å². The van der Waals surface area contributed by atoms with E-state index in [-0.39, 0.29) is 37.4 Å². The average molecular weight is 734 g/mol. The molecule has 1 fully saturated rings. The Morgan fingerprint density at radius 1 is 0.846 bits per heavy atom. The molecule has 0 aliphatic carbocycles. The molecule has 4 N–H and O–H groups in total. The van der Waals surface area contributed by atoms with Gasteiger partial charge in [0.25, 0.3) is 0 Å². The SMILES string of the molecule is COc1c(C)c(C)c(OC)c(CCCOC(=O)NCCC[C@H](NC(=O)[C@@H](NC(=O)C2CCCN2C(=O)OC(C)(C)C)C(C)C)C(=O)NC(C)C)c1C. The maximum atomic E-state index is 13.5. The average Bonchev–Trinajstić information content (AvgIpc) is 3.55. The number of hydrogen-bond donors (Lipinski definition) is 4. The predicted molar refractivity (Wildman–Crippen MR) is 199 cm³/mol. The van der Waals surface area contributed by atoms with Crippen LogP contribution in [0.3, 0.4) is 0 Å². The minimum Gasteiger partial charge on any atom is -0.496 e. The second kappa shape index (κ2) is 20.1. The van der Waals surface area contributed by atoms with Crippen LogP contribution < -0.4 is 30.7 Å². The Morgan fingerprint density at radius 2 is 1.48 bits per heavy atom. The maximum Gasteiger partial charge on any atom is 0.410 e. The van der Waals surface area contributed by atoms with Gasteiger partial charge in [-0.1, -0.05) is 13.8 Å². The van der Waals surface area contributed by atoms with Gasteiger partial charge in [-0.25, -0.2) is 9.59 Å². The first-order chi connectivity index (χ1) is 24.3. The summed E-state index contributed by atoms with van der Waals surface area (Å²) in [5.41, 5.74) is 3.33. The van der Waals surface area contributed by atoms with Crippen molar-refractivity contribution in [2.24, 2.45) is 5.92 Å². The number of carbonyl (C=O) groups excluding carboxylic acids is 5. The smallest absolute Gasteiger partial charge is 0.410 e. The summed E-state index contributed by atoms with van der Waals surface area (Å²) >= 11 is 0. The second-order valence-electron chi connectivity index (χ2n) is 15.0. The highest BCUT2D eigenvalue weighted by atomic mass is 16.6. The molecule has 1 aliphatic heterocycles. The van der Waals surface area contributed by atoms with E-state index in [1.807, 2.05) is 34.6 Å². The second-order valence-corrected chi connectivity index (χ2v) is 15.0. The third-order valence-corrected chi connectivity index (χ3v) is 8.96. The number of rotatable bonds is 17. The molecule has 1 unspecified atom stereocenters. The molecule has 3 atom stereocenters. The molecule has 2 rings (SSSR count). The number of benzene rings is 1. The van der Waals surface area contributed by atoms with E-state index in [4.69, 9.17) is 18.9 Å². The molecule has 1 aliphatic rings. The van der Waals surface area contributed by atoms with Gasteiger partial charge in [-0.05, 0) is 117 Å². The van der Waals surface area contributed by atoms with Crippen molar-refractivity contribution in [3.63, 3.8) is 0 Å². The summed E-state index contributed by atoms with van der Waals surface area (Å²) in [6.45, 7) is 19.3. The first kappa shape index (κ1) is 43.9. The quantitative estimate of drug-likeness (QED) is 0.167. The topological polar surface area (TPSA) is 174 Å². The fraction of sp³-hybridized carbons (Fsp3) is 0.711. The Kier molecular flexibility index (Phi) is 17.0. The lowest BCUT2D eigenvalue weighted by molar-refractivity contribution is -0.134. The van der Waals surface area contributed by atoms with Gasteiger partial charge in [0.15, 0.2) is 0 Å². The van der Waals surface area contributed by atoms with Crippen molar-refractivity contribution in [2.75, 3.05) is 33.9 Å². The Morgan fingerprint density at radius 3 is 2.06 bits per heavy atom. The van der Waals surface area contributed by atoms with E-state index < -0.39 is 47.7 Å². The highest BCUT2D eigenvalue weighted by molar-refractivity contribution is 5.94. The number of ether oxygens (including phenoxy) is 4. The Labute approximate surface area is 309 Å². The standard InChI is InChI=1S/C38H63N5O9/c1-22(2)30(42-34(45)29-18-14-20-43(29)37(48)52-38(8,9)10)35(46)41-28(33(44)40-23(3)4)17-13-19-39-36(47)51-21-15-16-27-26(7)31(49-11)24(5)25(6)32(27)50-12/h22-23,28-30H,13-21H2,1-12H3,(H,39,47)(H,40,44)(H,41,46)(H,42,45)/t28-,29?,30-/m0/s1. The minimum absolute atomic E-state index is 0.171. The summed E-state index contributed by atoms with van der Waals surface area (Å²) in [5, 5.41) is 11.2. The molecular weight excluding hydrogens is 670 g/mol. The number of carbonyl (C=O) groups is 5. The van der Waals surface area contributed by atoms with Crippen LogP contribution >= 0.6 is 0 Å². The van der Waals surface area contributed by atoms with Gasteiger partial charge < -0.3 is 40.2 Å². The lowest BCUT2D eigenvalue weighted by Gasteiger charge is -2.30. The Balaban J connectivity index is 1.95. The van der Waals surface area contributed by atoms with Crippen molar-refractivity contribution in [3.05, 3.63) is 22.3 Å². The van der Waals surface area contributed by atoms with Gasteiger partial charge in [0.05, 0.1) is 20.8 Å². The molecule has 52 heavy (non-hydrogen) atoms. The van der Waals surface area contributed by atoms with E-state index in [0.717, 1.165) is 33.8 Å². The fourth-order valence-electron chi connectivity index (χ4n) is 6.28. The van der Waals surface area contributed by atoms with E-state index in [1.54, 1.807) is 48.8 Å². The molecule has 0 aromatic heterocycles. The normalized spacial score (nSPS) is 15.5. The zero-order valence-electron chi connectivity index (χ0n) is 33.4. The van der Waals surface area contributed by atoms with E-state index >= 15 is 0 Å². The molecule has 294 valence electrons. The highest BCUT2D eigenvalue weighted by Gasteiger charge is 2.39. The Bertz CT molecular complexity index is 1410. The van der Waals surface area contributed by atoms with Crippen LogP contribution in [-0.4, -0.2) is 98.5 Å². The van der Waals surface area contributed by atoms with Crippen LogP contribution in [0.5, 0.6) is 11.5 Å². The summed E-state index contributed by atoms with van der Waals surface area (Å²) in [4.78, 5) is 66.6. The lowest BCUT2D eigenvalue weighted by atomic mass is 9.94. The van der Waals surface area contributed by atoms with Crippen LogP contribution in [0.4, 0.5) is 9.59 Å². The van der Waals surface area contributed by atoms with Crippen molar-refractivity contribution in [1.29, 1.82) is 0 Å². The number of hydrogen-bond acceptors (Lipinski definition) is 9. The van der Waals surface area contributed by atoms with Gasteiger partial charge in [0, 0.05) is 24.7 Å². The highest BCUT2D eigenvalue weighted by Crippen LogP contribution is 2.38. The predicted octanol–water partition coefficient (Wildman–Crippen LogP) is 4.62.